The third kappa shape index (κ3) is 5.46. The monoisotopic (exact) mass is 448 g/mol. The number of carbonyl (C=O) groups is 1. The summed E-state index contributed by atoms with van der Waals surface area (Å²) in [6.45, 7) is 2.81. The standard InChI is InChI=1S/C24H24N4O3S/c29-24(26-21-9-5-4-6-19(21)17-27-12-14-32-15-13-27)18-10-11-22(23(16-18)28(30)31)25-20-7-2-1-3-8-20/h1-11,16,25H,12-15,17H2,(H,26,29). The van der Waals surface area contributed by atoms with Crippen LogP contribution in [0.1, 0.15) is 15.9 Å². The van der Waals surface area contributed by atoms with Crippen molar-refractivity contribution in [2.45, 2.75) is 6.54 Å². The first-order valence-corrected chi connectivity index (χ1v) is 11.6. The highest BCUT2D eigenvalue weighted by atomic mass is 32.2. The molecule has 1 amide bonds. The molecule has 1 saturated heterocycles. The molecule has 0 atom stereocenters. The van der Waals surface area contributed by atoms with Gasteiger partial charge in [-0.3, -0.25) is 19.8 Å². The highest BCUT2D eigenvalue weighted by molar-refractivity contribution is 7.99. The van der Waals surface area contributed by atoms with Crippen molar-refractivity contribution in [2.75, 3.05) is 35.2 Å². The van der Waals surface area contributed by atoms with E-state index in [1.165, 1.54) is 6.07 Å². The first-order valence-electron chi connectivity index (χ1n) is 10.4. The molecule has 0 radical (unpaired) electrons. The summed E-state index contributed by atoms with van der Waals surface area (Å²) in [4.78, 5) is 26.5. The largest absolute Gasteiger partial charge is 0.350 e. The Morgan fingerprint density at radius 2 is 1.69 bits per heavy atom. The van der Waals surface area contributed by atoms with Gasteiger partial charge in [-0.15, -0.1) is 0 Å². The SMILES string of the molecule is O=C(Nc1ccccc1CN1CCSCC1)c1ccc(Nc2ccccc2)c([N+](=O)[O-])c1. The zero-order chi connectivity index (χ0) is 22.3. The van der Waals surface area contributed by atoms with Gasteiger partial charge in [0.2, 0.25) is 0 Å². The van der Waals surface area contributed by atoms with Gasteiger partial charge in [0.15, 0.2) is 0 Å². The lowest BCUT2D eigenvalue weighted by molar-refractivity contribution is -0.383. The number of benzene rings is 3. The second-order valence-corrected chi connectivity index (χ2v) is 8.70. The van der Waals surface area contributed by atoms with E-state index in [0.717, 1.165) is 48.1 Å². The van der Waals surface area contributed by atoms with Crippen LogP contribution in [0.5, 0.6) is 0 Å². The molecule has 1 aliphatic heterocycles. The normalized spacial score (nSPS) is 14.0. The van der Waals surface area contributed by atoms with E-state index >= 15 is 0 Å². The first-order chi connectivity index (χ1) is 15.6. The van der Waals surface area contributed by atoms with Crippen molar-refractivity contribution in [1.29, 1.82) is 0 Å². The van der Waals surface area contributed by atoms with Gasteiger partial charge in [-0.1, -0.05) is 36.4 Å². The summed E-state index contributed by atoms with van der Waals surface area (Å²) < 4.78 is 0. The highest BCUT2D eigenvalue weighted by Crippen LogP contribution is 2.29. The van der Waals surface area contributed by atoms with Gasteiger partial charge in [0.25, 0.3) is 11.6 Å². The number of thioether (sulfide) groups is 1. The Bertz CT molecular complexity index is 1100. The predicted molar refractivity (Wildman–Crippen MR) is 130 cm³/mol. The van der Waals surface area contributed by atoms with Gasteiger partial charge in [0.05, 0.1) is 4.92 Å². The molecule has 0 bridgehead atoms. The molecule has 0 aromatic heterocycles. The molecule has 1 heterocycles. The summed E-state index contributed by atoms with van der Waals surface area (Å²) in [6.07, 6.45) is 0. The maximum atomic E-state index is 12.9. The molecule has 1 aliphatic rings. The van der Waals surface area contributed by atoms with Crippen LogP contribution in [-0.4, -0.2) is 40.3 Å². The van der Waals surface area contributed by atoms with E-state index in [1.807, 2.05) is 66.4 Å². The average molecular weight is 449 g/mol. The summed E-state index contributed by atoms with van der Waals surface area (Å²) in [6, 6.07) is 21.4. The number of hydrogen-bond acceptors (Lipinski definition) is 6. The van der Waals surface area contributed by atoms with E-state index in [-0.39, 0.29) is 17.2 Å². The summed E-state index contributed by atoms with van der Waals surface area (Å²) in [5.74, 6) is 1.85. The molecule has 1 fully saturated rings. The summed E-state index contributed by atoms with van der Waals surface area (Å²) in [7, 11) is 0. The Hall–Kier alpha value is -3.36. The van der Waals surface area contributed by atoms with Crippen LogP contribution >= 0.6 is 11.8 Å². The molecule has 32 heavy (non-hydrogen) atoms. The number of nitrogens with one attached hydrogen (secondary N) is 2. The third-order valence-corrected chi connectivity index (χ3v) is 6.22. The van der Waals surface area contributed by atoms with Gasteiger partial charge >= 0.3 is 0 Å². The van der Waals surface area contributed by atoms with Gasteiger partial charge < -0.3 is 10.6 Å². The Kier molecular flexibility index (Phi) is 7.03. The van der Waals surface area contributed by atoms with E-state index < -0.39 is 4.92 Å². The fraction of sp³-hybridized carbons (Fsp3) is 0.208. The zero-order valence-electron chi connectivity index (χ0n) is 17.5. The van der Waals surface area contributed by atoms with E-state index in [2.05, 4.69) is 15.5 Å². The highest BCUT2D eigenvalue weighted by Gasteiger charge is 2.19. The van der Waals surface area contributed by atoms with Crippen LogP contribution in [0.25, 0.3) is 0 Å². The lowest BCUT2D eigenvalue weighted by Gasteiger charge is -2.27. The molecule has 0 spiro atoms. The summed E-state index contributed by atoms with van der Waals surface area (Å²) in [5.41, 5.74) is 2.91. The molecule has 7 nitrogen and oxygen atoms in total. The number of rotatable bonds is 7. The van der Waals surface area contributed by atoms with Crippen molar-refractivity contribution in [3.05, 3.63) is 94.0 Å². The number of anilines is 3. The summed E-state index contributed by atoms with van der Waals surface area (Å²) in [5, 5.41) is 17.6. The quantitative estimate of drug-likeness (QED) is 0.384. The fourth-order valence-corrected chi connectivity index (χ4v) is 4.56. The molecule has 3 aromatic rings. The number of amides is 1. The van der Waals surface area contributed by atoms with Crippen molar-refractivity contribution in [3.8, 4) is 0 Å². The molecule has 0 aliphatic carbocycles. The number of nitrogens with zero attached hydrogens (tertiary/aromatic N) is 2. The van der Waals surface area contributed by atoms with Crippen molar-refractivity contribution in [2.24, 2.45) is 0 Å². The van der Waals surface area contributed by atoms with Crippen LogP contribution in [0, 0.1) is 10.1 Å². The molecule has 0 saturated carbocycles. The van der Waals surface area contributed by atoms with Gasteiger partial charge in [-0.2, -0.15) is 11.8 Å². The van der Waals surface area contributed by atoms with E-state index in [0.29, 0.717) is 5.69 Å². The lowest BCUT2D eigenvalue weighted by Crippen LogP contribution is -2.32. The van der Waals surface area contributed by atoms with Crippen LogP contribution in [0.2, 0.25) is 0 Å². The van der Waals surface area contributed by atoms with Crippen LogP contribution in [0.15, 0.2) is 72.8 Å². The van der Waals surface area contributed by atoms with E-state index in [9.17, 15) is 14.9 Å². The van der Waals surface area contributed by atoms with Crippen LogP contribution in [-0.2, 0) is 6.54 Å². The zero-order valence-corrected chi connectivity index (χ0v) is 18.3. The van der Waals surface area contributed by atoms with Gasteiger partial charge in [-0.05, 0) is 35.9 Å². The maximum absolute atomic E-state index is 12.9. The molecule has 2 N–H and O–H groups in total. The Morgan fingerprint density at radius 1 is 0.969 bits per heavy atom. The molecular weight excluding hydrogens is 424 g/mol. The fourth-order valence-electron chi connectivity index (χ4n) is 3.58. The number of nitro groups is 1. The number of para-hydroxylation sites is 2. The summed E-state index contributed by atoms with van der Waals surface area (Å²) >= 11 is 1.95. The van der Waals surface area contributed by atoms with E-state index in [4.69, 9.17) is 0 Å². The number of hydrogen-bond donors (Lipinski definition) is 2. The molecule has 3 aromatic carbocycles. The molecule has 164 valence electrons. The topological polar surface area (TPSA) is 87.5 Å². The maximum Gasteiger partial charge on any atom is 0.293 e. The van der Waals surface area contributed by atoms with E-state index in [1.54, 1.807) is 12.1 Å². The second-order valence-electron chi connectivity index (χ2n) is 7.48. The van der Waals surface area contributed by atoms with Gasteiger partial charge in [0.1, 0.15) is 5.69 Å². The molecule has 8 heteroatoms. The average Bonchev–Trinajstić information content (AvgIpc) is 2.82. The minimum atomic E-state index is -0.482. The van der Waals surface area contributed by atoms with Crippen molar-refractivity contribution >= 4 is 40.4 Å². The minimum absolute atomic E-state index is 0.152. The van der Waals surface area contributed by atoms with Crippen molar-refractivity contribution < 1.29 is 9.72 Å². The van der Waals surface area contributed by atoms with Crippen molar-refractivity contribution in [1.82, 2.24) is 4.90 Å². The number of nitro benzene ring substituents is 1. The lowest BCUT2D eigenvalue weighted by atomic mass is 10.1. The Balaban J connectivity index is 1.52. The Morgan fingerprint density at radius 3 is 2.44 bits per heavy atom. The smallest absolute Gasteiger partial charge is 0.293 e. The molecule has 0 unspecified atom stereocenters. The van der Waals surface area contributed by atoms with Crippen molar-refractivity contribution in [3.63, 3.8) is 0 Å². The van der Waals surface area contributed by atoms with Gasteiger partial charge in [0, 0.05) is 54.1 Å². The predicted octanol–water partition coefficient (Wildman–Crippen LogP) is 5.14. The Labute approximate surface area is 191 Å². The second kappa shape index (κ2) is 10.3. The van der Waals surface area contributed by atoms with Crippen LogP contribution in [0.4, 0.5) is 22.7 Å². The van der Waals surface area contributed by atoms with Crippen LogP contribution in [0.3, 0.4) is 0 Å². The first kappa shape index (κ1) is 21.9. The molecule has 4 rings (SSSR count). The molecular formula is C24H24N4O3S. The van der Waals surface area contributed by atoms with Gasteiger partial charge in [-0.25, -0.2) is 0 Å². The third-order valence-electron chi connectivity index (χ3n) is 5.27. The minimum Gasteiger partial charge on any atom is -0.350 e. The van der Waals surface area contributed by atoms with Crippen LogP contribution < -0.4 is 10.6 Å². The number of carbonyl (C=O) groups excluding carboxylic acids is 1.